The van der Waals surface area contributed by atoms with Crippen LogP contribution in [0.25, 0.3) is 10.9 Å². The average Bonchev–Trinajstić information content (AvgIpc) is 3.05. The fraction of sp³-hybridized carbons (Fsp3) is 0.217. The highest BCUT2D eigenvalue weighted by atomic mass is 16.5. The Bertz CT molecular complexity index is 1120. The molecule has 31 heavy (non-hydrogen) atoms. The molecule has 4 rings (SSSR count). The van der Waals surface area contributed by atoms with E-state index in [1.54, 1.807) is 31.5 Å². The zero-order chi connectivity index (χ0) is 21.8. The Morgan fingerprint density at radius 3 is 2.71 bits per heavy atom. The van der Waals surface area contributed by atoms with Crippen LogP contribution in [0.15, 0.2) is 60.8 Å². The molecular formula is C23H22N4O4. The molecule has 1 saturated heterocycles. The number of urea groups is 1. The summed E-state index contributed by atoms with van der Waals surface area (Å²) in [4.78, 5) is 42.9. The van der Waals surface area contributed by atoms with Gasteiger partial charge in [-0.05, 0) is 48.4 Å². The van der Waals surface area contributed by atoms with E-state index >= 15 is 0 Å². The number of nitrogens with zero attached hydrogens (tertiary/aromatic N) is 2. The minimum absolute atomic E-state index is 0.139. The van der Waals surface area contributed by atoms with Crippen LogP contribution in [0.4, 0.5) is 10.5 Å². The number of amides is 4. The van der Waals surface area contributed by atoms with Gasteiger partial charge in [-0.1, -0.05) is 18.2 Å². The number of hydrogen-bond acceptors (Lipinski definition) is 5. The average molecular weight is 418 g/mol. The summed E-state index contributed by atoms with van der Waals surface area (Å²) < 4.78 is 5.13. The quantitative estimate of drug-likeness (QED) is 0.575. The summed E-state index contributed by atoms with van der Waals surface area (Å²) >= 11 is 0. The summed E-state index contributed by atoms with van der Waals surface area (Å²) in [5.74, 6) is -0.00736. The van der Waals surface area contributed by atoms with Gasteiger partial charge in [0.2, 0.25) is 5.91 Å². The van der Waals surface area contributed by atoms with Crippen LogP contribution in [0.2, 0.25) is 0 Å². The predicted molar refractivity (Wildman–Crippen MR) is 116 cm³/mol. The van der Waals surface area contributed by atoms with E-state index in [1.165, 1.54) is 0 Å². The van der Waals surface area contributed by atoms with Crippen molar-refractivity contribution in [2.75, 3.05) is 19.0 Å². The lowest BCUT2D eigenvalue weighted by atomic mass is 10.1. The zero-order valence-corrected chi connectivity index (χ0v) is 17.0. The summed E-state index contributed by atoms with van der Waals surface area (Å²) in [6, 6.07) is 15.2. The van der Waals surface area contributed by atoms with E-state index < -0.39 is 18.0 Å². The van der Waals surface area contributed by atoms with Crippen molar-refractivity contribution in [1.82, 2.24) is 15.2 Å². The number of pyridine rings is 1. The third-order valence-electron chi connectivity index (χ3n) is 5.20. The van der Waals surface area contributed by atoms with E-state index in [4.69, 9.17) is 4.74 Å². The smallest absolute Gasteiger partial charge is 0.324 e. The highest BCUT2D eigenvalue weighted by molar-refractivity contribution is 6.08. The van der Waals surface area contributed by atoms with Gasteiger partial charge >= 0.3 is 6.03 Å². The molecule has 1 fully saturated rings. The molecule has 1 aliphatic rings. The van der Waals surface area contributed by atoms with Gasteiger partial charge in [-0.2, -0.15) is 0 Å². The molecule has 3 aromatic rings. The topological polar surface area (TPSA) is 101 Å². The molecule has 4 amide bonds. The second kappa shape index (κ2) is 8.83. The van der Waals surface area contributed by atoms with Crippen molar-refractivity contribution in [2.24, 2.45) is 0 Å². The number of carbonyl (C=O) groups is 3. The fourth-order valence-electron chi connectivity index (χ4n) is 3.56. The van der Waals surface area contributed by atoms with Gasteiger partial charge in [0, 0.05) is 18.1 Å². The van der Waals surface area contributed by atoms with Crippen molar-refractivity contribution in [3.05, 3.63) is 66.4 Å². The van der Waals surface area contributed by atoms with Gasteiger partial charge in [0.15, 0.2) is 0 Å². The Labute approximate surface area is 179 Å². The molecule has 158 valence electrons. The first kappa shape index (κ1) is 20.3. The molecule has 2 heterocycles. The number of nitrogens with one attached hydrogen (secondary N) is 2. The molecule has 2 N–H and O–H groups in total. The Kier molecular flexibility index (Phi) is 5.79. The maximum atomic E-state index is 12.7. The van der Waals surface area contributed by atoms with Crippen LogP contribution in [0.3, 0.4) is 0 Å². The molecule has 1 atom stereocenters. The van der Waals surface area contributed by atoms with Gasteiger partial charge < -0.3 is 15.4 Å². The SMILES string of the molecule is COc1ccc(CCN2C(=O)NC(CC(=O)Nc3cccc4ncccc34)C2=O)cc1. The number of aromatic nitrogens is 1. The zero-order valence-electron chi connectivity index (χ0n) is 17.0. The third-order valence-corrected chi connectivity index (χ3v) is 5.20. The van der Waals surface area contributed by atoms with Crippen molar-refractivity contribution in [3.8, 4) is 5.75 Å². The predicted octanol–water partition coefficient (Wildman–Crippen LogP) is 2.74. The summed E-state index contributed by atoms with van der Waals surface area (Å²) in [7, 11) is 1.59. The highest BCUT2D eigenvalue weighted by Crippen LogP contribution is 2.22. The molecule has 1 aromatic heterocycles. The summed E-state index contributed by atoms with van der Waals surface area (Å²) in [5, 5.41) is 6.23. The molecular weight excluding hydrogens is 396 g/mol. The van der Waals surface area contributed by atoms with Crippen LogP contribution >= 0.6 is 0 Å². The number of anilines is 1. The summed E-state index contributed by atoms with van der Waals surface area (Å²) in [6.45, 7) is 0.240. The van der Waals surface area contributed by atoms with Crippen molar-refractivity contribution in [2.45, 2.75) is 18.9 Å². The van der Waals surface area contributed by atoms with Crippen molar-refractivity contribution < 1.29 is 19.1 Å². The number of ether oxygens (including phenoxy) is 1. The molecule has 8 heteroatoms. The first-order chi connectivity index (χ1) is 15.0. The van der Waals surface area contributed by atoms with E-state index in [0.29, 0.717) is 12.1 Å². The standard InChI is InChI=1S/C23H22N4O4/c1-31-16-9-7-15(8-10-16)11-13-27-22(29)20(26-23(27)30)14-21(28)25-19-6-2-5-18-17(19)4-3-12-24-18/h2-10,12,20H,11,13-14H2,1H3,(H,25,28)(H,26,30). The molecule has 1 unspecified atom stereocenters. The van der Waals surface area contributed by atoms with E-state index in [0.717, 1.165) is 27.1 Å². The maximum absolute atomic E-state index is 12.7. The van der Waals surface area contributed by atoms with Crippen LogP contribution < -0.4 is 15.4 Å². The number of imide groups is 1. The second-order valence-electron chi connectivity index (χ2n) is 7.22. The van der Waals surface area contributed by atoms with Gasteiger partial charge in [-0.3, -0.25) is 19.5 Å². The first-order valence-electron chi connectivity index (χ1n) is 9.93. The fourth-order valence-corrected chi connectivity index (χ4v) is 3.56. The van der Waals surface area contributed by atoms with E-state index in [9.17, 15) is 14.4 Å². The van der Waals surface area contributed by atoms with Crippen molar-refractivity contribution in [1.29, 1.82) is 0 Å². The number of methoxy groups -OCH3 is 1. The van der Waals surface area contributed by atoms with Crippen LogP contribution in [0.5, 0.6) is 5.75 Å². The lowest BCUT2D eigenvalue weighted by Crippen LogP contribution is -2.35. The molecule has 8 nitrogen and oxygen atoms in total. The Morgan fingerprint density at radius 2 is 1.94 bits per heavy atom. The number of hydrogen-bond donors (Lipinski definition) is 2. The van der Waals surface area contributed by atoms with Gasteiger partial charge in [0.05, 0.1) is 24.7 Å². The molecule has 1 aliphatic heterocycles. The number of fused-ring (bicyclic) bond motifs is 1. The Morgan fingerprint density at radius 1 is 1.13 bits per heavy atom. The van der Waals surface area contributed by atoms with Crippen molar-refractivity contribution >= 4 is 34.4 Å². The Balaban J connectivity index is 1.36. The van der Waals surface area contributed by atoms with Gasteiger partial charge in [0.1, 0.15) is 11.8 Å². The van der Waals surface area contributed by atoms with Crippen molar-refractivity contribution in [3.63, 3.8) is 0 Å². The normalized spacial score (nSPS) is 15.8. The first-order valence-corrected chi connectivity index (χ1v) is 9.93. The molecule has 0 aliphatic carbocycles. The molecule has 0 bridgehead atoms. The third kappa shape index (κ3) is 4.48. The summed E-state index contributed by atoms with van der Waals surface area (Å²) in [6.07, 6.45) is 2.06. The highest BCUT2D eigenvalue weighted by Gasteiger charge is 2.38. The molecule has 0 saturated carbocycles. The van der Waals surface area contributed by atoms with Gasteiger partial charge in [0.25, 0.3) is 5.91 Å². The van der Waals surface area contributed by atoms with E-state index in [-0.39, 0.29) is 18.9 Å². The number of rotatable bonds is 7. The van der Waals surface area contributed by atoms with Crippen LogP contribution in [0, 0.1) is 0 Å². The summed E-state index contributed by atoms with van der Waals surface area (Å²) in [5.41, 5.74) is 2.35. The largest absolute Gasteiger partial charge is 0.497 e. The van der Waals surface area contributed by atoms with Gasteiger partial charge in [-0.25, -0.2) is 4.79 Å². The van der Waals surface area contributed by atoms with Crippen LogP contribution in [-0.4, -0.2) is 47.4 Å². The van der Waals surface area contributed by atoms with Gasteiger partial charge in [-0.15, -0.1) is 0 Å². The minimum atomic E-state index is -0.878. The van der Waals surface area contributed by atoms with Crippen LogP contribution in [0.1, 0.15) is 12.0 Å². The lowest BCUT2D eigenvalue weighted by Gasteiger charge is -2.13. The molecule has 0 spiro atoms. The molecule has 2 aromatic carbocycles. The monoisotopic (exact) mass is 418 g/mol. The maximum Gasteiger partial charge on any atom is 0.324 e. The van der Waals surface area contributed by atoms with E-state index in [2.05, 4.69) is 15.6 Å². The second-order valence-corrected chi connectivity index (χ2v) is 7.22. The van der Waals surface area contributed by atoms with Crippen LogP contribution in [-0.2, 0) is 16.0 Å². The number of carbonyl (C=O) groups excluding carboxylic acids is 3. The lowest BCUT2D eigenvalue weighted by molar-refractivity contribution is -0.129. The Hall–Kier alpha value is -3.94. The minimum Gasteiger partial charge on any atom is -0.497 e. The van der Waals surface area contributed by atoms with E-state index in [1.807, 2.05) is 36.4 Å². The molecule has 0 radical (unpaired) electrons. The number of benzene rings is 2.